The first-order chi connectivity index (χ1) is 11.7. The predicted molar refractivity (Wildman–Crippen MR) is 99.9 cm³/mol. The summed E-state index contributed by atoms with van der Waals surface area (Å²) in [4.78, 5) is 21.7. The Morgan fingerprint density at radius 3 is 2.67 bits per heavy atom. The molecule has 0 aliphatic rings. The Morgan fingerprint density at radius 2 is 1.88 bits per heavy atom. The van der Waals surface area contributed by atoms with Crippen LogP contribution in [0.2, 0.25) is 5.02 Å². The minimum absolute atomic E-state index is 0.101. The molecule has 4 rings (SSSR count). The summed E-state index contributed by atoms with van der Waals surface area (Å²) in [6, 6.07) is 19.5. The van der Waals surface area contributed by atoms with Crippen molar-refractivity contribution >= 4 is 33.2 Å². The molecule has 3 nitrogen and oxygen atoms in total. The van der Waals surface area contributed by atoms with Gasteiger partial charge in [0.15, 0.2) is 0 Å². The van der Waals surface area contributed by atoms with Crippen LogP contribution < -0.4 is 5.56 Å². The molecule has 0 spiro atoms. The van der Waals surface area contributed by atoms with Gasteiger partial charge in [-0.1, -0.05) is 54.1 Å². The molecule has 5 heteroatoms. The molecule has 0 fully saturated rings. The second-order valence-corrected chi connectivity index (χ2v) is 6.98. The van der Waals surface area contributed by atoms with E-state index in [1.54, 1.807) is 0 Å². The Balaban J connectivity index is 1.75. The Kier molecular flexibility index (Phi) is 3.92. The van der Waals surface area contributed by atoms with Crippen LogP contribution in [0.3, 0.4) is 0 Å². The van der Waals surface area contributed by atoms with E-state index >= 15 is 0 Å². The Bertz CT molecular complexity index is 1070. The van der Waals surface area contributed by atoms with Gasteiger partial charge in [0.05, 0.1) is 5.39 Å². The van der Waals surface area contributed by atoms with E-state index < -0.39 is 0 Å². The van der Waals surface area contributed by atoms with Gasteiger partial charge >= 0.3 is 0 Å². The topological polar surface area (TPSA) is 45.8 Å². The maximum Gasteiger partial charge on any atom is 0.259 e. The number of aromatic amines is 1. The Morgan fingerprint density at radius 1 is 1.04 bits per heavy atom. The van der Waals surface area contributed by atoms with Crippen molar-refractivity contribution in [3.63, 3.8) is 0 Å². The van der Waals surface area contributed by atoms with Crippen LogP contribution in [-0.2, 0) is 6.42 Å². The summed E-state index contributed by atoms with van der Waals surface area (Å²) in [7, 11) is 0. The first-order valence-corrected chi connectivity index (χ1v) is 8.71. The molecule has 0 aliphatic carbocycles. The van der Waals surface area contributed by atoms with Crippen molar-refractivity contribution in [2.24, 2.45) is 0 Å². The molecule has 0 saturated carbocycles. The third kappa shape index (κ3) is 2.98. The van der Waals surface area contributed by atoms with Gasteiger partial charge in [-0.15, -0.1) is 11.3 Å². The minimum Gasteiger partial charge on any atom is -0.310 e. The predicted octanol–water partition coefficient (Wildman–Crippen LogP) is 4.90. The van der Waals surface area contributed by atoms with Crippen LogP contribution in [0.15, 0.2) is 65.5 Å². The van der Waals surface area contributed by atoms with Crippen molar-refractivity contribution in [2.75, 3.05) is 0 Å². The lowest BCUT2D eigenvalue weighted by Gasteiger charge is -2.02. The number of H-pyrrole nitrogens is 1. The third-order valence-corrected chi connectivity index (χ3v) is 5.08. The minimum atomic E-state index is -0.101. The maximum absolute atomic E-state index is 12.4. The van der Waals surface area contributed by atoms with Crippen LogP contribution in [0.25, 0.3) is 20.7 Å². The lowest BCUT2D eigenvalue weighted by atomic mass is 10.1. The van der Waals surface area contributed by atoms with E-state index in [4.69, 9.17) is 11.6 Å². The van der Waals surface area contributed by atoms with Gasteiger partial charge in [-0.05, 0) is 29.3 Å². The van der Waals surface area contributed by atoms with E-state index in [0.717, 1.165) is 20.8 Å². The second-order valence-electron chi connectivity index (χ2n) is 5.51. The number of benzene rings is 2. The summed E-state index contributed by atoms with van der Waals surface area (Å²) in [5.74, 6) is 0.649. The van der Waals surface area contributed by atoms with E-state index in [1.807, 2.05) is 60.7 Å². The van der Waals surface area contributed by atoms with Gasteiger partial charge in [0, 0.05) is 16.3 Å². The summed E-state index contributed by atoms with van der Waals surface area (Å²) in [6.07, 6.45) is 0.546. The molecule has 4 aromatic rings. The zero-order valence-electron chi connectivity index (χ0n) is 12.6. The molecule has 0 atom stereocenters. The highest BCUT2D eigenvalue weighted by molar-refractivity contribution is 7.21. The largest absolute Gasteiger partial charge is 0.310 e. The Hall–Kier alpha value is -2.43. The number of halogens is 1. The number of rotatable bonds is 3. The number of fused-ring (bicyclic) bond motifs is 1. The van der Waals surface area contributed by atoms with Crippen molar-refractivity contribution in [2.45, 2.75) is 6.42 Å². The zero-order chi connectivity index (χ0) is 16.5. The zero-order valence-corrected chi connectivity index (χ0v) is 14.2. The van der Waals surface area contributed by atoms with Gasteiger partial charge in [-0.25, -0.2) is 4.98 Å². The fourth-order valence-electron chi connectivity index (χ4n) is 2.64. The molecule has 0 saturated heterocycles. The van der Waals surface area contributed by atoms with E-state index in [2.05, 4.69) is 9.97 Å². The van der Waals surface area contributed by atoms with Crippen molar-refractivity contribution in [1.29, 1.82) is 0 Å². The first kappa shape index (κ1) is 15.1. The fourth-order valence-corrected chi connectivity index (χ4v) is 3.91. The summed E-state index contributed by atoms with van der Waals surface area (Å²) in [6.45, 7) is 0. The third-order valence-electron chi connectivity index (χ3n) is 3.77. The molecule has 0 radical (unpaired) electrons. The van der Waals surface area contributed by atoms with Crippen LogP contribution in [0.1, 0.15) is 11.4 Å². The van der Waals surface area contributed by atoms with E-state index in [9.17, 15) is 4.79 Å². The lowest BCUT2D eigenvalue weighted by molar-refractivity contribution is 0.977. The van der Waals surface area contributed by atoms with Gasteiger partial charge in [-0.2, -0.15) is 0 Å². The smallest absolute Gasteiger partial charge is 0.259 e. The van der Waals surface area contributed by atoms with Gasteiger partial charge in [0.25, 0.3) is 5.56 Å². The summed E-state index contributed by atoms with van der Waals surface area (Å²) < 4.78 is 0. The van der Waals surface area contributed by atoms with Crippen molar-refractivity contribution in [1.82, 2.24) is 9.97 Å². The molecule has 118 valence electrons. The molecule has 1 N–H and O–H groups in total. The highest BCUT2D eigenvalue weighted by Gasteiger charge is 2.10. The molecule has 0 amide bonds. The standard InChI is InChI=1S/C19H13ClN2OS/c20-14-8-4-5-12(9-14)10-17-21-18(23)15-11-16(24-19(15)22-17)13-6-2-1-3-7-13/h1-9,11H,10H2,(H,21,22,23). The molecule has 0 aliphatic heterocycles. The number of aromatic nitrogens is 2. The maximum atomic E-state index is 12.4. The molecule has 24 heavy (non-hydrogen) atoms. The fraction of sp³-hybridized carbons (Fsp3) is 0.0526. The van der Waals surface area contributed by atoms with Crippen molar-refractivity contribution in [3.05, 3.63) is 87.4 Å². The SMILES string of the molecule is O=c1[nH]c(Cc2cccc(Cl)c2)nc2sc(-c3ccccc3)cc12. The molecule has 2 aromatic carbocycles. The first-order valence-electron chi connectivity index (χ1n) is 7.52. The van der Waals surface area contributed by atoms with Gasteiger partial charge < -0.3 is 4.98 Å². The van der Waals surface area contributed by atoms with Gasteiger partial charge in [0.2, 0.25) is 0 Å². The molecular formula is C19H13ClN2OS. The van der Waals surface area contributed by atoms with E-state index in [0.29, 0.717) is 22.7 Å². The molecule has 0 bridgehead atoms. The number of thiophene rings is 1. The van der Waals surface area contributed by atoms with Crippen LogP contribution in [0.4, 0.5) is 0 Å². The highest BCUT2D eigenvalue weighted by Crippen LogP contribution is 2.30. The Labute approximate surface area is 147 Å². The van der Waals surface area contributed by atoms with E-state index in [1.165, 1.54) is 11.3 Å². The van der Waals surface area contributed by atoms with Crippen molar-refractivity contribution < 1.29 is 0 Å². The molecule has 2 heterocycles. The normalized spacial score (nSPS) is 11.0. The van der Waals surface area contributed by atoms with Gasteiger partial charge in [-0.3, -0.25) is 4.79 Å². The molecule has 0 unspecified atom stereocenters. The van der Waals surface area contributed by atoms with Crippen molar-refractivity contribution in [3.8, 4) is 10.4 Å². The summed E-state index contributed by atoms with van der Waals surface area (Å²) in [5, 5.41) is 1.31. The highest BCUT2D eigenvalue weighted by atomic mass is 35.5. The average Bonchev–Trinajstić information content (AvgIpc) is 3.00. The van der Waals surface area contributed by atoms with Crippen LogP contribution in [-0.4, -0.2) is 9.97 Å². The average molecular weight is 353 g/mol. The van der Waals surface area contributed by atoms with Gasteiger partial charge in [0.1, 0.15) is 10.7 Å². The molecular weight excluding hydrogens is 340 g/mol. The molecule has 2 aromatic heterocycles. The summed E-state index contributed by atoms with van der Waals surface area (Å²) >= 11 is 7.55. The number of nitrogens with one attached hydrogen (secondary N) is 1. The summed E-state index contributed by atoms with van der Waals surface area (Å²) in [5.41, 5.74) is 2.01. The number of hydrogen-bond acceptors (Lipinski definition) is 3. The second kappa shape index (κ2) is 6.23. The monoisotopic (exact) mass is 352 g/mol. The van der Waals surface area contributed by atoms with Crippen LogP contribution in [0, 0.1) is 0 Å². The van der Waals surface area contributed by atoms with E-state index in [-0.39, 0.29) is 5.56 Å². The lowest BCUT2D eigenvalue weighted by Crippen LogP contribution is -2.10. The van der Waals surface area contributed by atoms with Crippen LogP contribution >= 0.6 is 22.9 Å². The van der Waals surface area contributed by atoms with Crippen LogP contribution in [0.5, 0.6) is 0 Å². The number of hydrogen-bond donors (Lipinski definition) is 1. The quantitative estimate of drug-likeness (QED) is 0.570. The number of nitrogens with zero attached hydrogens (tertiary/aromatic N) is 1.